The predicted octanol–water partition coefficient (Wildman–Crippen LogP) is 7.98. The predicted molar refractivity (Wildman–Crippen MR) is 150 cm³/mol. The number of halogens is 2. The van der Waals surface area contributed by atoms with Crippen LogP contribution in [-0.4, -0.2) is 20.4 Å². The minimum absolute atomic E-state index is 0.177. The van der Waals surface area contributed by atoms with Crippen LogP contribution in [-0.2, 0) is 18.3 Å². The van der Waals surface area contributed by atoms with E-state index >= 15 is 0 Å². The van der Waals surface area contributed by atoms with Crippen LogP contribution >= 0.6 is 31.9 Å². The maximum atomic E-state index is 10.2. The fourth-order valence-corrected chi connectivity index (χ4v) is 5.50. The van der Waals surface area contributed by atoms with Crippen molar-refractivity contribution in [2.45, 2.75) is 37.5 Å². The van der Waals surface area contributed by atoms with Crippen LogP contribution in [0.15, 0.2) is 93.9 Å². The standard InChI is InChI=1S/C30H28Br2O4/c31-26-17-22(8-14-28(26)35)30(19-21-6-12-25(34)13-7-21,23-9-15-29(36)27(32)18-23)16-2-1-3-20-4-10-24(33)11-5-20/h4-15,17-18,33-36H,1-3,16,19H2. The normalized spacial score (nSPS) is 11.5. The number of hydrogen-bond acceptors (Lipinski definition) is 4. The van der Waals surface area contributed by atoms with Gasteiger partial charge in [-0.15, -0.1) is 0 Å². The minimum atomic E-state index is -0.460. The van der Waals surface area contributed by atoms with E-state index in [1.807, 2.05) is 48.5 Å². The molecule has 0 atom stereocenters. The second-order valence-electron chi connectivity index (χ2n) is 9.13. The summed E-state index contributed by atoms with van der Waals surface area (Å²) in [5, 5.41) is 39.8. The molecule has 0 aliphatic rings. The van der Waals surface area contributed by atoms with Gasteiger partial charge in [0.1, 0.15) is 23.0 Å². The van der Waals surface area contributed by atoms with Gasteiger partial charge in [-0.2, -0.15) is 0 Å². The first-order valence-corrected chi connectivity index (χ1v) is 13.4. The van der Waals surface area contributed by atoms with Crippen LogP contribution in [0, 0.1) is 0 Å². The molecule has 36 heavy (non-hydrogen) atoms. The van der Waals surface area contributed by atoms with Gasteiger partial charge in [-0.05, 0) is 128 Å². The average Bonchev–Trinajstić information content (AvgIpc) is 2.87. The lowest BCUT2D eigenvalue weighted by Gasteiger charge is -2.36. The molecular weight excluding hydrogens is 584 g/mol. The van der Waals surface area contributed by atoms with Crippen LogP contribution in [0.3, 0.4) is 0 Å². The molecule has 0 spiro atoms. The zero-order chi connectivity index (χ0) is 25.7. The topological polar surface area (TPSA) is 80.9 Å². The van der Waals surface area contributed by atoms with Crippen molar-refractivity contribution in [1.82, 2.24) is 0 Å². The first-order chi connectivity index (χ1) is 17.3. The Morgan fingerprint density at radius 3 is 1.50 bits per heavy atom. The summed E-state index contributed by atoms with van der Waals surface area (Å²) in [5.41, 5.74) is 3.87. The van der Waals surface area contributed by atoms with E-state index in [1.165, 1.54) is 5.56 Å². The lowest BCUT2D eigenvalue weighted by molar-refractivity contribution is 0.435. The van der Waals surface area contributed by atoms with Crippen LogP contribution in [0.1, 0.15) is 41.5 Å². The Labute approximate surface area is 228 Å². The van der Waals surface area contributed by atoms with Gasteiger partial charge in [0, 0.05) is 5.41 Å². The largest absolute Gasteiger partial charge is 0.508 e. The molecule has 0 saturated carbocycles. The molecule has 0 unspecified atom stereocenters. The van der Waals surface area contributed by atoms with Crippen LogP contribution in [0.4, 0.5) is 0 Å². The summed E-state index contributed by atoms with van der Waals surface area (Å²) in [4.78, 5) is 0. The molecule has 4 N–H and O–H groups in total. The summed E-state index contributed by atoms with van der Waals surface area (Å²) < 4.78 is 1.24. The lowest BCUT2D eigenvalue weighted by Crippen LogP contribution is -2.31. The van der Waals surface area contributed by atoms with Gasteiger partial charge >= 0.3 is 0 Å². The van der Waals surface area contributed by atoms with Crippen molar-refractivity contribution in [2.24, 2.45) is 0 Å². The quantitative estimate of drug-likeness (QED) is 0.145. The van der Waals surface area contributed by atoms with Crippen molar-refractivity contribution in [2.75, 3.05) is 0 Å². The van der Waals surface area contributed by atoms with Gasteiger partial charge in [-0.1, -0.05) is 42.8 Å². The van der Waals surface area contributed by atoms with Crippen LogP contribution < -0.4 is 0 Å². The highest BCUT2D eigenvalue weighted by molar-refractivity contribution is 9.10. The first-order valence-electron chi connectivity index (χ1n) is 11.8. The summed E-state index contributed by atoms with van der Waals surface area (Å²) in [6.07, 6.45) is 4.27. The van der Waals surface area contributed by atoms with Crippen molar-refractivity contribution in [3.05, 3.63) is 116 Å². The van der Waals surface area contributed by atoms with E-state index in [-0.39, 0.29) is 23.0 Å². The Morgan fingerprint density at radius 2 is 1.03 bits per heavy atom. The lowest BCUT2D eigenvalue weighted by atomic mass is 9.67. The highest BCUT2D eigenvalue weighted by atomic mass is 79.9. The molecule has 4 nitrogen and oxygen atoms in total. The van der Waals surface area contributed by atoms with E-state index < -0.39 is 5.41 Å². The third-order valence-corrected chi connectivity index (χ3v) is 7.97. The summed E-state index contributed by atoms with van der Waals surface area (Å²) in [5.74, 6) is 0.841. The minimum Gasteiger partial charge on any atom is -0.508 e. The molecule has 4 aromatic carbocycles. The number of phenols is 4. The van der Waals surface area contributed by atoms with Gasteiger partial charge in [0.15, 0.2) is 0 Å². The molecule has 0 amide bonds. The van der Waals surface area contributed by atoms with Gasteiger partial charge in [0.2, 0.25) is 0 Å². The van der Waals surface area contributed by atoms with Crippen molar-refractivity contribution >= 4 is 31.9 Å². The molecule has 0 aromatic heterocycles. The van der Waals surface area contributed by atoms with Crippen LogP contribution in [0.5, 0.6) is 23.0 Å². The Kier molecular flexibility index (Phi) is 8.27. The molecular formula is C30H28Br2O4. The van der Waals surface area contributed by atoms with E-state index in [9.17, 15) is 20.4 Å². The number of rotatable bonds is 9. The molecule has 6 heteroatoms. The fourth-order valence-electron chi connectivity index (χ4n) is 4.74. The number of aryl methyl sites for hydroxylation is 1. The molecule has 0 aliphatic carbocycles. The Morgan fingerprint density at radius 1 is 0.556 bits per heavy atom. The highest BCUT2D eigenvalue weighted by Crippen LogP contribution is 2.44. The Balaban J connectivity index is 1.74. The second-order valence-corrected chi connectivity index (χ2v) is 10.8. The van der Waals surface area contributed by atoms with Crippen molar-refractivity contribution < 1.29 is 20.4 Å². The van der Waals surface area contributed by atoms with Crippen LogP contribution in [0.25, 0.3) is 0 Å². The van der Waals surface area contributed by atoms with E-state index in [0.717, 1.165) is 42.4 Å². The smallest absolute Gasteiger partial charge is 0.129 e. The summed E-state index contributed by atoms with van der Waals surface area (Å²) >= 11 is 7.00. The van der Waals surface area contributed by atoms with E-state index in [4.69, 9.17) is 0 Å². The van der Waals surface area contributed by atoms with Gasteiger partial charge in [-0.25, -0.2) is 0 Å². The van der Waals surface area contributed by atoms with Gasteiger partial charge < -0.3 is 20.4 Å². The highest BCUT2D eigenvalue weighted by Gasteiger charge is 2.35. The molecule has 4 rings (SSSR count). The Bertz CT molecular complexity index is 1270. The van der Waals surface area contributed by atoms with Crippen molar-refractivity contribution in [3.8, 4) is 23.0 Å². The first kappa shape index (κ1) is 26.1. The van der Waals surface area contributed by atoms with Gasteiger partial charge in [0.05, 0.1) is 8.95 Å². The second kappa shape index (κ2) is 11.4. The molecule has 4 aromatic rings. The van der Waals surface area contributed by atoms with E-state index in [2.05, 4.69) is 31.9 Å². The number of hydrogen-bond donors (Lipinski definition) is 4. The fraction of sp³-hybridized carbons (Fsp3) is 0.200. The number of unbranched alkanes of at least 4 members (excludes halogenated alkanes) is 1. The van der Waals surface area contributed by atoms with Gasteiger partial charge in [-0.3, -0.25) is 0 Å². The Hall–Kier alpha value is -2.96. The third-order valence-electron chi connectivity index (χ3n) is 6.70. The summed E-state index contributed by atoms with van der Waals surface area (Å²) in [6, 6.07) is 25.9. The third kappa shape index (κ3) is 6.05. The maximum Gasteiger partial charge on any atom is 0.129 e. The molecule has 0 aliphatic heterocycles. The SMILES string of the molecule is Oc1ccc(CCCCC(Cc2ccc(O)cc2)(c2ccc(O)c(Br)c2)c2ccc(O)c(Br)c2)cc1. The zero-order valence-corrected chi connectivity index (χ0v) is 22.8. The molecule has 0 heterocycles. The molecule has 0 saturated heterocycles. The number of benzene rings is 4. The molecule has 0 fully saturated rings. The monoisotopic (exact) mass is 610 g/mol. The van der Waals surface area contributed by atoms with Gasteiger partial charge in [0.25, 0.3) is 0 Å². The maximum absolute atomic E-state index is 10.2. The number of phenolic OH excluding ortho intramolecular Hbond substituents is 4. The van der Waals surface area contributed by atoms with E-state index in [1.54, 1.807) is 36.4 Å². The molecule has 0 bridgehead atoms. The van der Waals surface area contributed by atoms with Crippen LogP contribution in [0.2, 0.25) is 0 Å². The van der Waals surface area contributed by atoms with E-state index in [0.29, 0.717) is 15.4 Å². The zero-order valence-electron chi connectivity index (χ0n) is 19.7. The van der Waals surface area contributed by atoms with Crippen molar-refractivity contribution in [3.63, 3.8) is 0 Å². The van der Waals surface area contributed by atoms with Crippen molar-refractivity contribution in [1.29, 1.82) is 0 Å². The molecule has 186 valence electrons. The molecule has 0 radical (unpaired) electrons. The summed E-state index contributed by atoms with van der Waals surface area (Å²) in [7, 11) is 0. The average molecular weight is 612 g/mol. The summed E-state index contributed by atoms with van der Waals surface area (Å²) in [6.45, 7) is 0. The number of aromatic hydroxyl groups is 4.